The van der Waals surface area contributed by atoms with E-state index in [2.05, 4.69) is 40.7 Å². The lowest BCUT2D eigenvalue weighted by Crippen LogP contribution is -2.18. The summed E-state index contributed by atoms with van der Waals surface area (Å²) < 4.78 is 0. The number of halogens is 1. The summed E-state index contributed by atoms with van der Waals surface area (Å²) in [5.74, 6) is 1.85. The standard InChI is InChI=1S/C19H22ClN3S/c1-14(23(2)3)21-22-19(17-9-11-18(20)12-10-17)16-7-5-15(6-8-16)13-24-4/h5-12H,13H2,1-4H3. The molecule has 0 aliphatic carbocycles. The number of rotatable bonds is 5. The number of amidine groups is 1. The minimum absolute atomic E-state index is 0.710. The maximum atomic E-state index is 6.01. The molecule has 0 unspecified atom stereocenters. The predicted octanol–water partition coefficient (Wildman–Crippen LogP) is 4.94. The van der Waals surface area contributed by atoms with Gasteiger partial charge in [0.2, 0.25) is 0 Å². The van der Waals surface area contributed by atoms with E-state index in [1.165, 1.54) is 5.56 Å². The molecule has 0 amide bonds. The van der Waals surface area contributed by atoms with Gasteiger partial charge in [-0.15, -0.1) is 10.2 Å². The van der Waals surface area contributed by atoms with Crippen molar-refractivity contribution in [3.05, 3.63) is 70.2 Å². The summed E-state index contributed by atoms with van der Waals surface area (Å²) in [4.78, 5) is 1.94. The molecule has 0 spiro atoms. The van der Waals surface area contributed by atoms with Gasteiger partial charge in [0.25, 0.3) is 0 Å². The Morgan fingerprint density at radius 1 is 0.958 bits per heavy atom. The van der Waals surface area contributed by atoms with Crippen LogP contribution in [-0.4, -0.2) is 36.8 Å². The molecule has 126 valence electrons. The summed E-state index contributed by atoms with van der Waals surface area (Å²) in [5.41, 5.74) is 4.17. The minimum atomic E-state index is 0.710. The second-order valence-corrected chi connectivity index (χ2v) is 6.93. The van der Waals surface area contributed by atoms with Crippen molar-refractivity contribution >= 4 is 34.9 Å². The van der Waals surface area contributed by atoms with Gasteiger partial charge in [-0.1, -0.05) is 48.0 Å². The molecule has 2 aromatic carbocycles. The largest absolute Gasteiger partial charge is 0.365 e. The van der Waals surface area contributed by atoms with Gasteiger partial charge in [-0.05, 0) is 30.9 Å². The number of thioether (sulfide) groups is 1. The van der Waals surface area contributed by atoms with Crippen LogP contribution in [0.5, 0.6) is 0 Å². The van der Waals surface area contributed by atoms with Crippen molar-refractivity contribution in [1.29, 1.82) is 0 Å². The molecule has 0 atom stereocenters. The molecule has 2 aromatic rings. The van der Waals surface area contributed by atoms with Crippen molar-refractivity contribution in [2.75, 3.05) is 20.4 Å². The van der Waals surface area contributed by atoms with Crippen molar-refractivity contribution in [3.8, 4) is 0 Å². The van der Waals surface area contributed by atoms with E-state index in [1.807, 2.05) is 61.9 Å². The summed E-state index contributed by atoms with van der Waals surface area (Å²) in [6.07, 6.45) is 2.10. The van der Waals surface area contributed by atoms with E-state index >= 15 is 0 Å². The first-order valence-electron chi connectivity index (χ1n) is 7.65. The molecular formula is C19H22ClN3S. The van der Waals surface area contributed by atoms with Crippen LogP contribution in [0.25, 0.3) is 0 Å². The van der Waals surface area contributed by atoms with Crippen LogP contribution in [0, 0.1) is 0 Å². The van der Waals surface area contributed by atoms with E-state index in [-0.39, 0.29) is 0 Å². The first kappa shape index (κ1) is 18.6. The van der Waals surface area contributed by atoms with Gasteiger partial charge in [0, 0.05) is 36.0 Å². The first-order chi connectivity index (χ1) is 11.5. The Hall–Kier alpha value is -1.78. The highest BCUT2D eigenvalue weighted by molar-refractivity contribution is 7.97. The van der Waals surface area contributed by atoms with Crippen LogP contribution >= 0.6 is 23.4 Å². The van der Waals surface area contributed by atoms with E-state index in [1.54, 1.807) is 0 Å². The summed E-state index contributed by atoms with van der Waals surface area (Å²) >= 11 is 7.82. The van der Waals surface area contributed by atoms with E-state index in [0.29, 0.717) is 5.02 Å². The monoisotopic (exact) mass is 359 g/mol. The quantitative estimate of drug-likeness (QED) is 0.430. The highest BCUT2D eigenvalue weighted by atomic mass is 35.5. The number of hydrogen-bond acceptors (Lipinski definition) is 3. The van der Waals surface area contributed by atoms with Gasteiger partial charge < -0.3 is 4.90 Å². The normalized spacial score (nSPS) is 12.4. The number of benzene rings is 2. The summed E-state index contributed by atoms with van der Waals surface area (Å²) in [5, 5.41) is 9.57. The van der Waals surface area contributed by atoms with Gasteiger partial charge in [0.05, 0.1) is 0 Å². The molecule has 0 bridgehead atoms. The second-order valence-electron chi connectivity index (χ2n) is 5.63. The molecule has 0 aliphatic rings. The van der Waals surface area contributed by atoms with Gasteiger partial charge in [-0.25, -0.2) is 0 Å². The zero-order valence-electron chi connectivity index (χ0n) is 14.5. The maximum absolute atomic E-state index is 6.01. The lowest BCUT2D eigenvalue weighted by atomic mass is 10.0. The zero-order chi connectivity index (χ0) is 17.5. The Bertz CT molecular complexity index is 719. The Morgan fingerprint density at radius 3 is 2.00 bits per heavy atom. The fourth-order valence-corrected chi connectivity index (χ4v) is 2.68. The highest BCUT2D eigenvalue weighted by Gasteiger charge is 2.08. The van der Waals surface area contributed by atoms with Gasteiger partial charge >= 0.3 is 0 Å². The molecule has 2 rings (SSSR count). The van der Waals surface area contributed by atoms with Crippen LogP contribution in [0.1, 0.15) is 23.6 Å². The van der Waals surface area contributed by atoms with Crippen molar-refractivity contribution in [3.63, 3.8) is 0 Å². The molecular weight excluding hydrogens is 338 g/mol. The van der Waals surface area contributed by atoms with Gasteiger partial charge in [0.15, 0.2) is 0 Å². The van der Waals surface area contributed by atoms with Crippen molar-refractivity contribution < 1.29 is 0 Å². The lowest BCUT2D eigenvalue weighted by molar-refractivity contribution is 0.615. The smallest absolute Gasteiger partial charge is 0.123 e. The number of hydrogen-bond donors (Lipinski definition) is 0. The molecule has 0 radical (unpaired) electrons. The third-order valence-electron chi connectivity index (χ3n) is 3.60. The lowest BCUT2D eigenvalue weighted by Gasteiger charge is -2.10. The van der Waals surface area contributed by atoms with Crippen molar-refractivity contribution in [2.24, 2.45) is 10.2 Å². The van der Waals surface area contributed by atoms with Crippen LogP contribution in [-0.2, 0) is 5.75 Å². The van der Waals surface area contributed by atoms with E-state index in [0.717, 1.165) is 28.4 Å². The molecule has 0 aliphatic heterocycles. The molecule has 24 heavy (non-hydrogen) atoms. The van der Waals surface area contributed by atoms with E-state index in [9.17, 15) is 0 Å². The fourth-order valence-electron chi connectivity index (χ4n) is 2.03. The van der Waals surface area contributed by atoms with Crippen LogP contribution in [0.4, 0.5) is 0 Å². The third kappa shape index (κ3) is 5.11. The van der Waals surface area contributed by atoms with Gasteiger partial charge in [0.1, 0.15) is 11.5 Å². The average molecular weight is 360 g/mol. The summed E-state index contributed by atoms with van der Waals surface area (Å²) in [6.45, 7) is 1.94. The van der Waals surface area contributed by atoms with Crippen LogP contribution < -0.4 is 0 Å². The molecule has 0 saturated heterocycles. The van der Waals surface area contributed by atoms with Crippen LogP contribution in [0.2, 0.25) is 5.02 Å². The molecule has 3 nitrogen and oxygen atoms in total. The second kappa shape index (κ2) is 8.90. The predicted molar refractivity (Wildman–Crippen MR) is 108 cm³/mol. The van der Waals surface area contributed by atoms with Crippen LogP contribution in [0.3, 0.4) is 0 Å². The average Bonchev–Trinajstić information content (AvgIpc) is 2.58. The first-order valence-corrected chi connectivity index (χ1v) is 9.42. The van der Waals surface area contributed by atoms with Gasteiger partial charge in [-0.3, -0.25) is 0 Å². The summed E-state index contributed by atoms with van der Waals surface area (Å²) in [6, 6.07) is 16.2. The van der Waals surface area contributed by atoms with Crippen molar-refractivity contribution in [2.45, 2.75) is 12.7 Å². The Morgan fingerprint density at radius 2 is 1.50 bits per heavy atom. The molecule has 0 aromatic heterocycles. The maximum Gasteiger partial charge on any atom is 0.123 e. The van der Waals surface area contributed by atoms with Crippen molar-refractivity contribution in [1.82, 2.24) is 4.90 Å². The zero-order valence-corrected chi connectivity index (χ0v) is 16.0. The Kier molecular flexibility index (Phi) is 6.88. The number of nitrogens with zero attached hydrogens (tertiary/aromatic N) is 3. The molecule has 5 heteroatoms. The molecule has 0 N–H and O–H groups in total. The van der Waals surface area contributed by atoms with E-state index < -0.39 is 0 Å². The molecule has 0 heterocycles. The summed E-state index contributed by atoms with van der Waals surface area (Å²) in [7, 11) is 3.90. The third-order valence-corrected chi connectivity index (χ3v) is 4.47. The fraction of sp³-hybridized carbons (Fsp3) is 0.263. The Balaban J connectivity index is 2.44. The molecule has 0 fully saturated rings. The molecule has 0 saturated carbocycles. The van der Waals surface area contributed by atoms with Crippen LogP contribution in [0.15, 0.2) is 58.7 Å². The van der Waals surface area contributed by atoms with Gasteiger partial charge in [-0.2, -0.15) is 11.8 Å². The topological polar surface area (TPSA) is 28.0 Å². The SMILES string of the molecule is CSCc1ccc(C(=NN=C(C)N(C)C)c2ccc(Cl)cc2)cc1. The van der Waals surface area contributed by atoms with E-state index in [4.69, 9.17) is 11.6 Å². The minimum Gasteiger partial charge on any atom is -0.365 e. The Labute approximate surface area is 153 Å². The highest BCUT2D eigenvalue weighted by Crippen LogP contribution is 2.17.